The van der Waals surface area contributed by atoms with Crippen molar-refractivity contribution in [2.24, 2.45) is 0 Å². The molecule has 3 fully saturated rings. The number of piperidine rings is 1. The number of urea groups is 1. The summed E-state index contributed by atoms with van der Waals surface area (Å²) in [7, 11) is 0. The normalized spacial score (nSPS) is 30.6. The Balaban J connectivity index is 1.43. The maximum absolute atomic E-state index is 12.1. The molecule has 0 aromatic rings. The van der Waals surface area contributed by atoms with Gasteiger partial charge in [0.1, 0.15) is 0 Å². The van der Waals surface area contributed by atoms with Gasteiger partial charge in [0.05, 0.1) is 0 Å². The number of hydrogen-bond donors (Lipinski definition) is 3. The predicted molar refractivity (Wildman–Crippen MR) is 76.1 cm³/mol. The quantitative estimate of drug-likeness (QED) is 0.717. The van der Waals surface area contributed by atoms with E-state index in [-0.39, 0.29) is 6.03 Å². The molecule has 19 heavy (non-hydrogen) atoms. The zero-order chi connectivity index (χ0) is 13.1. The number of carbonyl (C=O) groups excluding carboxylic acids is 1. The third-order valence-corrected chi connectivity index (χ3v) is 5.22. The predicted octanol–water partition coefficient (Wildman–Crippen LogP) is 2.29. The zero-order valence-corrected chi connectivity index (χ0v) is 11.8. The van der Waals surface area contributed by atoms with E-state index in [4.69, 9.17) is 0 Å². The Hall–Kier alpha value is -0.770. The molecule has 1 aliphatic heterocycles. The van der Waals surface area contributed by atoms with Gasteiger partial charge >= 0.3 is 6.03 Å². The molecule has 1 atom stereocenters. The summed E-state index contributed by atoms with van der Waals surface area (Å²) in [4.78, 5) is 12.1. The molecule has 3 aliphatic rings. The Morgan fingerprint density at radius 3 is 2.37 bits per heavy atom. The van der Waals surface area contributed by atoms with E-state index in [0.29, 0.717) is 17.6 Å². The van der Waals surface area contributed by atoms with E-state index in [1.165, 1.54) is 38.5 Å². The molecule has 0 radical (unpaired) electrons. The minimum atomic E-state index is 0.0632. The van der Waals surface area contributed by atoms with Crippen LogP contribution in [0, 0.1) is 0 Å². The second-order valence-corrected chi connectivity index (χ2v) is 6.70. The largest absolute Gasteiger partial charge is 0.335 e. The van der Waals surface area contributed by atoms with E-state index >= 15 is 0 Å². The molecule has 1 saturated heterocycles. The average Bonchev–Trinajstić information content (AvgIpc) is 2.38. The Labute approximate surface area is 116 Å². The standard InChI is InChI=1S/C15H27N3O/c19-14(17-12-5-2-1-3-6-12)18-13-7-10-16-15(11-13)8-4-9-15/h12-13,16H,1-11H2,(H2,17,18,19). The molecule has 3 N–H and O–H groups in total. The molecule has 2 amide bonds. The van der Waals surface area contributed by atoms with E-state index in [0.717, 1.165) is 32.2 Å². The summed E-state index contributed by atoms with van der Waals surface area (Å²) >= 11 is 0. The highest BCUT2D eigenvalue weighted by Crippen LogP contribution is 2.38. The molecule has 4 nitrogen and oxygen atoms in total. The third kappa shape index (κ3) is 3.22. The van der Waals surface area contributed by atoms with Crippen molar-refractivity contribution in [3.63, 3.8) is 0 Å². The van der Waals surface area contributed by atoms with Gasteiger partial charge in [-0.1, -0.05) is 19.3 Å². The van der Waals surface area contributed by atoms with Crippen molar-refractivity contribution in [3.05, 3.63) is 0 Å². The van der Waals surface area contributed by atoms with Gasteiger partial charge in [-0.15, -0.1) is 0 Å². The number of nitrogens with one attached hydrogen (secondary N) is 3. The lowest BCUT2D eigenvalue weighted by atomic mass is 9.70. The van der Waals surface area contributed by atoms with Gasteiger partial charge in [0, 0.05) is 17.6 Å². The van der Waals surface area contributed by atoms with Crippen molar-refractivity contribution in [3.8, 4) is 0 Å². The molecule has 0 bridgehead atoms. The van der Waals surface area contributed by atoms with E-state index in [1.807, 2.05) is 0 Å². The molecule has 0 aromatic carbocycles. The smallest absolute Gasteiger partial charge is 0.315 e. The summed E-state index contributed by atoms with van der Waals surface area (Å²) in [6.07, 6.45) is 12.3. The lowest BCUT2D eigenvalue weighted by molar-refractivity contribution is 0.121. The van der Waals surface area contributed by atoms with Gasteiger partial charge in [-0.3, -0.25) is 0 Å². The third-order valence-electron chi connectivity index (χ3n) is 5.22. The highest BCUT2D eigenvalue weighted by atomic mass is 16.2. The van der Waals surface area contributed by atoms with E-state index in [1.54, 1.807) is 0 Å². The molecule has 0 aromatic heterocycles. The van der Waals surface area contributed by atoms with Gasteiger partial charge in [0.15, 0.2) is 0 Å². The summed E-state index contributed by atoms with van der Waals surface area (Å²) in [5.74, 6) is 0. The minimum absolute atomic E-state index is 0.0632. The summed E-state index contributed by atoms with van der Waals surface area (Å²) in [6, 6.07) is 0.839. The minimum Gasteiger partial charge on any atom is -0.335 e. The molecule has 3 rings (SSSR count). The molecule has 2 aliphatic carbocycles. The van der Waals surface area contributed by atoms with Crippen LogP contribution in [0.2, 0.25) is 0 Å². The summed E-state index contributed by atoms with van der Waals surface area (Å²) in [6.45, 7) is 1.05. The Kier molecular flexibility index (Phi) is 3.96. The number of amides is 2. The van der Waals surface area contributed by atoms with Gasteiger partial charge in [0.25, 0.3) is 0 Å². The van der Waals surface area contributed by atoms with Crippen molar-refractivity contribution in [2.75, 3.05) is 6.54 Å². The monoisotopic (exact) mass is 265 g/mol. The number of rotatable bonds is 2. The highest BCUT2D eigenvalue weighted by molar-refractivity contribution is 5.74. The SMILES string of the molecule is O=C(NC1CCCCC1)NC1CCNC2(CCC2)C1. The fourth-order valence-electron chi connectivity index (χ4n) is 3.92. The van der Waals surface area contributed by atoms with Crippen molar-refractivity contribution in [1.82, 2.24) is 16.0 Å². The molecule has 1 spiro atoms. The average molecular weight is 265 g/mol. The Morgan fingerprint density at radius 1 is 0.947 bits per heavy atom. The van der Waals surface area contributed by atoms with Gasteiger partial charge in [-0.25, -0.2) is 4.79 Å². The molecule has 108 valence electrons. The van der Waals surface area contributed by atoms with Gasteiger partial charge < -0.3 is 16.0 Å². The maximum Gasteiger partial charge on any atom is 0.315 e. The first kappa shape index (κ1) is 13.2. The van der Waals surface area contributed by atoms with E-state index in [2.05, 4.69) is 16.0 Å². The van der Waals surface area contributed by atoms with Crippen LogP contribution in [0.15, 0.2) is 0 Å². The number of carbonyl (C=O) groups is 1. The summed E-state index contributed by atoms with van der Waals surface area (Å²) < 4.78 is 0. The number of hydrogen-bond acceptors (Lipinski definition) is 2. The molecule has 1 unspecified atom stereocenters. The van der Waals surface area contributed by atoms with Crippen LogP contribution in [0.3, 0.4) is 0 Å². The van der Waals surface area contributed by atoms with Crippen LogP contribution in [0.1, 0.15) is 64.2 Å². The lowest BCUT2D eigenvalue weighted by Crippen LogP contribution is -2.60. The second-order valence-electron chi connectivity index (χ2n) is 6.70. The van der Waals surface area contributed by atoms with Crippen LogP contribution in [-0.2, 0) is 0 Å². The van der Waals surface area contributed by atoms with Gasteiger partial charge in [0.2, 0.25) is 0 Å². The van der Waals surface area contributed by atoms with Gasteiger partial charge in [-0.2, -0.15) is 0 Å². The Bertz CT molecular complexity index is 321. The summed E-state index contributed by atoms with van der Waals surface area (Å²) in [5, 5.41) is 10.0. The van der Waals surface area contributed by atoms with Gasteiger partial charge in [-0.05, 0) is 51.5 Å². The van der Waals surface area contributed by atoms with Crippen LogP contribution < -0.4 is 16.0 Å². The molecule has 1 heterocycles. The Morgan fingerprint density at radius 2 is 1.68 bits per heavy atom. The van der Waals surface area contributed by atoms with Crippen LogP contribution in [0.25, 0.3) is 0 Å². The topological polar surface area (TPSA) is 53.2 Å². The van der Waals surface area contributed by atoms with Crippen LogP contribution in [0.5, 0.6) is 0 Å². The van der Waals surface area contributed by atoms with Crippen molar-refractivity contribution >= 4 is 6.03 Å². The summed E-state index contributed by atoms with van der Waals surface area (Å²) in [5.41, 5.74) is 0.362. The van der Waals surface area contributed by atoms with Crippen molar-refractivity contribution < 1.29 is 4.79 Å². The van der Waals surface area contributed by atoms with Crippen LogP contribution in [-0.4, -0.2) is 30.2 Å². The first-order chi connectivity index (χ1) is 9.26. The first-order valence-corrected chi connectivity index (χ1v) is 8.08. The van der Waals surface area contributed by atoms with Crippen LogP contribution in [0.4, 0.5) is 4.79 Å². The molecular formula is C15H27N3O. The maximum atomic E-state index is 12.1. The second kappa shape index (κ2) is 5.70. The molecule has 2 saturated carbocycles. The molecule has 4 heteroatoms. The fourth-order valence-corrected chi connectivity index (χ4v) is 3.92. The fraction of sp³-hybridized carbons (Fsp3) is 0.933. The first-order valence-electron chi connectivity index (χ1n) is 8.08. The lowest BCUT2D eigenvalue weighted by Gasteiger charge is -2.48. The van der Waals surface area contributed by atoms with Crippen LogP contribution >= 0.6 is 0 Å². The van der Waals surface area contributed by atoms with E-state index < -0.39 is 0 Å². The molecular weight excluding hydrogens is 238 g/mol. The van der Waals surface area contributed by atoms with Crippen molar-refractivity contribution in [1.29, 1.82) is 0 Å². The zero-order valence-electron chi connectivity index (χ0n) is 11.8. The van der Waals surface area contributed by atoms with E-state index in [9.17, 15) is 4.79 Å². The highest BCUT2D eigenvalue weighted by Gasteiger charge is 2.41. The van der Waals surface area contributed by atoms with Crippen molar-refractivity contribution in [2.45, 2.75) is 81.8 Å².